The molecule has 1 unspecified atom stereocenters. The normalized spacial score (nSPS) is 24.6. The van der Waals surface area contributed by atoms with Crippen LogP contribution in [0.15, 0.2) is 29.4 Å². The number of benzene rings is 1. The summed E-state index contributed by atoms with van der Waals surface area (Å²) in [7, 11) is 2.09. The number of ether oxygens (including phenoxy) is 1. The quantitative estimate of drug-likeness (QED) is 0.388. The van der Waals surface area contributed by atoms with Gasteiger partial charge in [-0.2, -0.15) is 0 Å². The van der Waals surface area contributed by atoms with E-state index in [1.165, 1.54) is 19.3 Å². The van der Waals surface area contributed by atoms with Crippen molar-refractivity contribution in [3.8, 4) is 0 Å². The van der Waals surface area contributed by atoms with Crippen molar-refractivity contribution in [3.63, 3.8) is 0 Å². The highest BCUT2D eigenvalue weighted by Gasteiger charge is 2.43. The predicted octanol–water partition coefficient (Wildman–Crippen LogP) is 2.32. The minimum absolute atomic E-state index is 0.114. The Hall–Kier alpha value is -1.75. The molecule has 0 bridgehead atoms. The molecule has 1 aromatic carbocycles. The summed E-state index contributed by atoms with van der Waals surface area (Å²) in [5.41, 5.74) is 7.70. The van der Waals surface area contributed by atoms with Gasteiger partial charge in [-0.05, 0) is 44.2 Å². The van der Waals surface area contributed by atoms with Crippen LogP contribution in [0.4, 0.5) is 5.69 Å². The highest BCUT2D eigenvalue weighted by Crippen LogP contribution is 2.43. The maximum atomic E-state index is 8.96. The number of amidine groups is 1. The number of nitrogens with two attached hydrogens (primary N) is 1. The Kier molecular flexibility index (Phi) is 3.76. The zero-order valence-electron chi connectivity index (χ0n) is 12.5. The number of anilines is 1. The number of hydrogen-bond donors (Lipinski definition) is 2. The summed E-state index contributed by atoms with van der Waals surface area (Å²) in [6.07, 6.45) is 5.71. The van der Waals surface area contributed by atoms with Gasteiger partial charge in [0.05, 0.1) is 5.60 Å². The van der Waals surface area contributed by atoms with Gasteiger partial charge < -0.3 is 20.6 Å². The second-order valence-electron chi connectivity index (χ2n) is 6.14. The van der Waals surface area contributed by atoms with Gasteiger partial charge in [0, 0.05) is 30.9 Å². The lowest BCUT2D eigenvalue weighted by molar-refractivity contribution is -0.132. The van der Waals surface area contributed by atoms with Crippen LogP contribution < -0.4 is 10.6 Å². The molecule has 0 amide bonds. The molecule has 2 fully saturated rings. The molecule has 0 radical (unpaired) electrons. The third kappa shape index (κ3) is 2.58. The molecule has 1 aromatic rings. The fourth-order valence-electron chi connectivity index (χ4n) is 3.50. The molecule has 3 rings (SSSR count). The Morgan fingerprint density at radius 2 is 2.19 bits per heavy atom. The van der Waals surface area contributed by atoms with Gasteiger partial charge in [0.15, 0.2) is 5.84 Å². The standard InChI is InChI=1S/C16H23N3O2/c1-19(12-7-10-21-16(11-12)8-4-9-16)14-6-3-2-5-13(14)15(17)18-20/h2-3,5-6,12,20H,4,7-11H2,1H3,(H2,17,18). The van der Waals surface area contributed by atoms with Gasteiger partial charge in [-0.3, -0.25) is 0 Å². The lowest BCUT2D eigenvalue weighted by Crippen LogP contribution is -2.51. The Morgan fingerprint density at radius 1 is 1.43 bits per heavy atom. The molecule has 1 saturated carbocycles. The molecule has 1 heterocycles. The summed E-state index contributed by atoms with van der Waals surface area (Å²) in [6.45, 7) is 0.820. The van der Waals surface area contributed by atoms with Gasteiger partial charge in [0.1, 0.15) is 0 Å². The molecule has 21 heavy (non-hydrogen) atoms. The van der Waals surface area contributed by atoms with Crippen LogP contribution in [0.3, 0.4) is 0 Å². The molecule has 2 aliphatic rings. The minimum atomic E-state index is 0.114. The lowest BCUT2D eigenvalue weighted by atomic mass is 9.73. The summed E-state index contributed by atoms with van der Waals surface area (Å²) in [6, 6.07) is 8.24. The van der Waals surface area contributed by atoms with Crippen molar-refractivity contribution in [2.45, 2.75) is 43.7 Å². The third-order valence-electron chi connectivity index (χ3n) is 4.95. The van der Waals surface area contributed by atoms with E-state index in [0.717, 1.165) is 30.7 Å². The van der Waals surface area contributed by atoms with Crippen molar-refractivity contribution in [1.82, 2.24) is 0 Å². The van der Waals surface area contributed by atoms with Gasteiger partial charge in [0.25, 0.3) is 0 Å². The van der Waals surface area contributed by atoms with Crippen LogP contribution in [-0.4, -0.2) is 36.3 Å². The molecule has 1 saturated heterocycles. The fraction of sp³-hybridized carbons (Fsp3) is 0.562. The molecule has 5 nitrogen and oxygen atoms in total. The number of oxime groups is 1. The van der Waals surface area contributed by atoms with Gasteiger partial charge in [-0.25, -0.2) is 0 Å². The zero-order valence-corrected chi connectivity index (χ0v) is 12.5. The summed E-state index contributed by atoms with van der Waals surface area (Å²) in [5, 5.41) is 12.1. The van der Waals surface area contributed by atoms with Gasteiger partial charge in [-0.15, -0.1) is 0 Å². The highest BCUT2D eigenvalue weighted by atomic mass is 16.5. The average molecular weight is 289 g/mol. The molecular formula is C16H23N3O2. The van der Waals surface area contributed by atoms with Crippen molar-refractivity contribution in [3.05, 3.63) is 29.8 Å². The van der Waals surface area contributed by atoms with E-state index in [1.54, 1.807) is 0 Å². The van der Waals surface area contributed by atoms with E-state index in [0.29, 0.717) is 6.04 Å². The van der Waals surface area contributed by atoms with Crippen LogP contribution in [-0.2, 0) is 4.74 Å². The maximum Gasteiger partial charge on any atom is 0.172 e. The van der Waals surface area contributed by atoms with E-state index in [4.69, 9.17) is 15.7 Å². The number of hydrogen-bond acceptors (Lipinski definition) is 4. The van der Waals surface area contributed by atoms with Crippen LogP contribution in [0.1, 0.15) is 37.7 Å². The van der Waals surface area contributed by atoms with E-state index in [1.807, 2.05) is 24.3 Å². The molecule has 1 spiro atoms. The first-order chi connectivity index (χ1) is 10.2. The van der Waals surface area contributed by atoms with Crippen molar-refractivity contribution >= 4 is 11.5 Å². The minimum Gasteiger partial charge on any atom is -0.409 e. The van der Waals surface area contributed by atoms with Crippen molar-refractivity contribution in [2.75, 3.05) is 18.6 Å². The summed E-state index contributed by atoms with van der Waals surface area (Å²) in [4.78, 5) is 2.26. The van der Waals surface area contributed by atoms with Crippen molar-refractivity contribution in [1.29, 1.82) is 0 Å². The molecular weight excluding hydrogens is 266 g/mol. The molecule has 0 aromatic heterocycles. The first-order valence-corrected chi connectivity index (χ1v) is 7.59. The zero-order chi connectivity index (χ0) is 14.9. The number of nitrogens with zero attached hydrogens (tertiary/aromatic N) is 2. The monoisotopic (exact) mass is 289 g/mol. The molecule has 5 heteroatoms. The molecule has 1 aliphatic heterocycles. The second kappa shape index (κ2) is 5.56. The Balaban J connectivity index is 1.83. The Morgan fingerprint density at radius 3 is 2.86 bits per heavy atom. The van der Waals surface area contributed by atoms with Crippen LogP contribution in [0, 0.1) is 0 Å². The molecule has 114 valence electrons. The topological polar surface area (TPSA) is 71.1 Å². The smallest absolute Gasteiger partial charge is 0.172 e. The van der Waals surface area contributed by atoms with Gasteiger partial charge >= 0.3 is 0 Å². The van der Waals surface area contributed by atoms with Crippen LogP contribution in [0.2, 0.25) is 0 Å². The summed E-state index contributed by atoms with van der Waals surface area (Å²) < 4.78 is 6.00. The molecule has 3 N–H and O–H groups in total. The van der Waals surface area contributed by atoms with Crippen LogP contribution in [0.5, 0.6) is 0 Å². The van der Waals surface area contributed by atoms with E-state index in [9.17, 15) is 0 Å². The Bertz CT molecular complexity index is 540. The first kappa shape index (κ1) is 14.2. The third-order valence-corrected chi connectivity index (χ3v) is 4.95. The highest BCUT2D eigenvalue weighted by molar-refractivity contribution is 6.02. The number of para-hydroxylation sites is 1. The van der Waals surface area contributed by atoms with E-state index < -0.39 is 0 Å². The first-order valence-electron chi connectivity index (χ1n) is 7.59. The average Bonchev–Trinajstić information content (AvgIpc) is 2.52. The van der Waals surface area contributed by atoms with Gasteiger partial charge in [-0.1, -0.05) is 17.3 Å². The van der Waals surface area contributed by atoms with Crippen molar-refractivity contribution < 1.29 is 9.94 Å². The van der Waals surface area contributed by atoms with Crippen molar-refractivity contribution in [2.24, 2.45) is 10.9 Å². The van der Waals surface area contributed by atoms with E-state index >= 15 is 0 Å². The Labute approximate surface area is 125 Å². The van der Waals surface area contributed by atoms with Crippen LogP contribution in [0.25, 0.3) is 0 Å². The van der Waals surface area contributed by atoms with Crippen LogP contribution >= 0.6 is 0 Å². The number of rotatable bonds is 3. The largest absolute Gasteiger partial charge is 0.409 e. The lowest BCUT2D eigenvalue weighted by Gasteiger charge is -2.49. The maximum absolute atomic E-state index is 8.96. The SMILES string of the molecule is CN(c1ccccc1/C(N)=N/O)C1CCOC2(CCC2)C1. The van der Waals surface area contributed by atoms with E-state index in [2.05, 4.69) is 17.1 Å². The summed E-state index contributed by atoms with van der Waals surface area (Å²) in [5.74, 6) is 0.155. The predicted molar refractivity (Wildman–Crippen MR) is 82.9 cm³/mol. The summed E-state index contributed by atoms with van der Waals surface area (Å²) >= 11 is 0. The van der Waals surface area contributed by atoms with Gasteiger partial charge in [0.2, 0.25) is 0 Å². The molecule has 1 aliphatic carbocycles. The fourth-order valence-corrected chi connectivity index (χ4v) is 3.50. The van der Waals surface area contributed by atoms with E-state index in [-0.39, 0.29) is 11.4 Å². The second-order valence-corrected chi connectivity index (χ2v) is 6.14. The molecule has 1 atom stereocenters.